The Morgan fingerprint density at radius 3 is 2.73 bits per heavy atom. The normalized spacial score (nSPS) is 16.3. The summed E-state index contributed by atoms with van der Waals surface area (Å²) in [5, 5.41) is 7.15. The Balaban J connectivity index is 1.50. The molecule has 0 aliphatic carbocycles. The summed E-state index contributed by atoms with van der Waals surface area (Å²) in [6.45, 7) is 0.0694. The van der Waals surface area contributed by atoms with Crippen LogP contribution in [0.25, 0.3) is 27.7 Å². The van der Waals surface area contributed by atoms with E-state index in [0.717, 1.165) is 16.5 Å². The highest BCUT2D eigenvalue weighted by Crippen LogP contribution is 2.30. The van der Waals surface area contributed by atoms with Gasteiger partial charge in [-0.1, -0.05) is 18.2 Å². The van der Waals surface area contributed by atoms with Crippen LogP contribution >= 0.6 is 0 Å². The number of nitrogens with one attached hydrogen (secondary N) is 1. The van der Waals surface area contributed by atoms with Gasteiger partial charge >= 0.3 is 5.69 Å². The summed E-state index contributed by atoms with van der Waals surface area (Å²) >= 11 is 0. The van der Waals surface area contributed by atoms with Crippen LogP contribution in [0.1, 0.15) is 23.2 Å². The highest BCUT2D eigenvalue weighted by Gasteiger charge is 2.35. The quantitative estimate of drug-likeness (QED) is 0.552. The Hall–Kier alpha value is -3.62. The van der Waals surface area contributed by atoms with Crippen LogP contribution in [-0.2, 0) is 0 Å². The molecule has 152 valence electrons. The lowest BCUT2D eigenvalue weighted by Gasteiger charge is -2.31. The summed E-state index contributed by atoms with van der Waals surface area (Å²) in [6.07, 6.45) is 2.49. The van der Waals surface area contributed by atoms with Crippen LogP contribution in [-0.4, -0.2) is 49.4 Å². The van der Waals surface area contributed by atoms with E-state index in [9.17, 15) is 18.4 Å². The molecule has 4 heterocycles. The predicted octanol–water partition coefficient (Wildman–Crippen LogP) is 3.11. The predicted molar refractivity (Wildman–Crippen MR) is 107 cm³/mol. The van der Waals surface area contributed by atoms with Gasteiger partial charge in [0.05, 0.1) is 11.1 Å². The summed E-state index contributed by atoms with van der Waals surface area (Å²) in [7, 11) is 0. The number of carbonyl (C=O) groups is 1. The van der Waals surface area contributed by atoms with E-state index < -0.39 is 5.92 Å². The van der Waals surface area contributed by atoms with Gasteiger partial charge in [0.1, 0.15) is 0 Å². The number of piperidine rings is 1. The van der Waals surface area contributed by atoms with Crippen molar-refractivity contribution in [1.82, 2.24) is 24.5 Å². The lowest BCUT2D eigenvalue weighted by atomic mass is 10.0. The maximum absolute atomic E-state index is 13.4. The number of nitrogens with zero attached hydrogens (tertiary/aromatic N) is 4. The van der Waals surface area contributed by atoms with E-state index in [-0.39, 0.29) is 37.5 Å². The lowest BCUT2D eigenvalue weighted by Crippen LogP contribution is -2.42. The molecule has 1 aliphatic rings. The summed E-state index contributed by atoms with van der Waals surface area (Å²) in [5.74, 6) is -2.99. The fourth-order valence-electron chi connectivity index (χ4n) is 3.80. The first kappa shape index (κ1) is 18.4. The van der Waals surface area contributed by atoms with Crippen molar-refractivity contribution in [2.24, 2.45) is 0 Å². The molecule has 0 bridgehead atoms. The molecule has 30 heavy (non-hydrogen) atoms. The van der Waals surface area contributed by atoms with E-state index in [1.807, 2.05) is 18.2 Å². The maximum Gasteiger partial charge on any atom is 0.347 e. The van der Waals surface area contributed by atoms with Crippen molar-refractivity contribution in [2.45, 2.75) is 18.8 Å². The van der Waals surface area contributed by atoms with Crippen molar-refractivity contribution < 1.29 is 13.6 Å². The molecule has 1 fully saturated rings. The number of halogens is 2. The smallest absolute Gasteiger partial charge is 0.338 e. The van der Waals surface area contributed by atoms with Crippen molar-refractivity contribution in [2.75, 3.05) is 13.1 Å². The highest BCUT2D eigenvalue weighted by molar-refractivity contribution is 6.00. The number of benzene rings is 1. The minimum absolute atomic E-state index is 0.0347. The number of hydrogen-bond donors (Lipinski definition) is 1. The molecule has 0 spiro atoms. The largest absolute Gasteiger partial charge is 0.347 e. The molecule has 4 aromatic rings. The molecule has 0 saturated carbocycles. The summed E-state index contributed by atoms with van der Waals surface area (Å²) < 4.78 is 28.2. The van der Waals surface area contributed by atoms with Gasteiger partial charge in [-0.2, -0.15) is 5.10 Å². The van der Waals surface area contributed by atoms with E-state index in [2.05, 4.69) is 15.2 Å². The third-order valence-electron chi connectivity index (χ3n) is 5.47. The molecule has 9 heteroatoms. The number of rotatable bonds is 2. The first-order valence-corrected chi connectivity index (χ1v) is 9.54. The van der Waals surface area contributed by atoms with Gasteiger partial charge in [-0.25, -0.2) is 18.7 Å². The van der Waals surface area contributed by atoms with Gasteiger partial charge in [0.25, 0.3) is 11.8 Å². The number of aromatic nitrogens is 4. The van der Waals surface area contributed by atoms with Crippen LogP contribution in [0.15, 0.2) is 53.6 Å². The van der Waals surface area contributed by atoms with Gasteiger partial charge < -0.3 is 4.90 Å². The molecule has 0 radical (unpaired) electrons. The Kier molecular flexibility index (Phi) is 4.12. The van der Waals surface area contributed by atoms with Crippen LogP contribution < -0.4 is 5.69 Å². The second-order valence-electron chi connectivity index (χ2n) is 7.42. The molecule has 7 nitrogen and oxygen atoms in total. The van der Waals surface area contributed by atoms with Crippen molar-refractivity contribution in [1.29, 1.82) is 0 Å². The molecule has 5 rings (SSSR count). The Morgan fingerprint density at radius 1 is 1.13 bits per heavy atom. The summed E-state index contributed by atoms with van der Waals surface area (Å²) in [4.78, 5) is 30.4. The lowest BCUT2D eigenvalue weighted by molar-refractivity contribution is -0.0494. The number of likely N-dealkylation sites (tertiary alicyclic amines) is 1. The molecule has 3 aromatic heterocycles. The minimum atomic E-state index is -2.70. The zero-order valence-electron chi connectivity index (χ0n) is 15.8. The van der Waals surface area contributed by atoms with Gasteiger partial charge in [0.2, 0.25) is 0 Å². The van der Waals surface area contributed by atoms with Crippen molar-refractivity contribution in [3.05, 3.63) is 64.8 Å². The van der Waals surface area contributed by atoms with E-state index in [1.165, 1.54) is 15.5 Å². The van der Waals surface area contributed by atoms with Crippen molar-refractivity contribution >= 4 is 22.5 Å². The van der Waals surface area contributed by atoms with Gasteiger partial charge in [-0.15, -0.1) is 0 Å². The molecular weight excluding hydrogens is 392 g/mol. The van der Waals surface area contributed by atoms with E-state index >= 15 is 0 Å². The first-order chi connectivity index (χ1) is 14.4. The molecule has 1 aliphatic heterocycles. The first-order valence-electron chi connectivity index (χ1n) is 9.54. The number of H-pyrrole nitrogens is 1. The second-order valence-corrected chi connectivity index (χ2v) is 7.42. The average molecular weight is 409 g/mol. The average Bonchev–Trinajstić information content (AvgIpc) is 3.12. The Labute approximate surface area is 169 Å². The number of hydrogen-bond acceptors (Lipinski definition) is 4. The minimum Gasteiger partial charge on any atom is -0.338 e. The van der Waals surface area contributed by atoms with Gasteiger partial charge in [-0.3, -0.25) is 14.2 Å². The maximum atomic E-state index is 13.4. The monoisotopic (exact) mass is 409 g/mol. The molecule has 0 atom stereocenters. The van der Waals surface area contributed by atoms with Crippen LogP contribution in [0.2, 0.25) is 0 Å². The fraction of sp³-hybridized carbons (Fsp3) is 0.238. The standard InChI is InChI=1S/C21H17F2N5O2/c22-21(23)5-8-27(9-6-21)19(29)15-10-14-2-1-3-16(18(14)24-12-15)13-4-7-28-17(11-13)25-26-20(28)30/h1-4,7,10-12H,5-6,8-9H2,(H,26,30). The highest BCUT2D eigenvalue weighted by atomic mass is 19.3. The van der Waals surface area contributed by atoms with Crippen molar-refractivity contribution in [3.63, 3.8) is 0 Å². The number of para-hydroxylation sites is 1. The van der Waals surface area contributed by atoms with Crippen LogP contribution in [0, 0.1) is 0 Å². The van der Waals surface area contributed by atoms with Crippen LogP contribution in [0.4, 0.5) is 8.78 Å². The second kappa shape index (κ2) is 6.72. The van der Waals surface area contributed by atoms with Gasteiger partial charge in [-0.05, 0) is 23.8 Å². The zero-order valence-corrected chi connectivity index (χ0v) is 15.8. The summed E-state index contributed by atoms with van der Waals surface area (Å²) in [5.41, 5.74) is 2.91. The molecule has 1 amide bonds. The fourth-order valence-corrected chi connectivity index (χ4v) is 3.80. The third-order valence-corrected chi connectivity index (χ3v) is 5.47. The Bertz CT molecular complexity index is 1330. The zero-order chi connectivity index (χ0) is 20.9. The van der Waals surface area contributed by atoms with Crippen LogP contribution in [0.5, 0.6) is 0 Å². The van der Waals surface area contributed by atoms with E-state index in [4.69, 9.17) is 0 Å². The molecule has 1 saturated heterocycles. The van der Waals surface area contributed by atoms with Crippen molar-refractivity contribution in [3.8, 4) is 11.1 Å². The van der Waals surface area contributed by atoms with Gasteiger partial charge in [0, 0.05) is 49.3 Å². The number of alkyl halides is 2. The molecule has 0 unspecified atom stereocenters. The number of amides is 1. The number of aromatic amines is 1. The molecule has 1 aromatic carbocycles. The molecule has 1 N–H and O–H groups in total. The van der Waals surface area contributed by atoms with Gasteiger partial charge in [0.15, 0.2) is 5.65 Å². The third kappa shape index (κ3) is 3.12. The van der Waals surface area contributed by atoms with E-state index in [0.29, 0.717) is 16.7 Å². The molecular formula is C21H17F2N5O2. The topological polar surface area (TPSA) is 83.4 Å². The van der Waals surface area contributed by atoms with Crippen LogP contribution in [0.3, 0.4) is 0 Å². The number of fused-ring (bicyclic) bond motifs is 2. The SMILES string of the molecule is O=C(c1cnc2c(-c3ccn4c(=O)[nH]nc4c3)cccc2c1)N1CCC(F)(F)CC1. The number of carbonyl (C=O) groups excluding carboxylic acids is 1. The Morgan fingerprint density at radius 2 is 1.93 bits per heavy atom. The summed E-state index contributed by atoms with van der Waals surface area (Å²) in [6, 6.07) is 10.9. The number of pyridine rings is 2. The van der Waals surface area contributed by atoms with E-state index in [1.54, 1.807) is 24.4 Å².